The van der Waals surface area contributed by atoms with Crippen LogP contribution in [0.4, 0.5) is 24.5 Å². The van der Waals surface area contributed by atoms with Crippen LogP contribution in [-0.4, -0.2) is 12.7 Å². The highest BCUT2D eigenvalue weighted by Gasteiger charge is 2.37. The molecule has 3 rings (SSSR count). The maximum atomic E-state index is 13.1. The SMILES string of the molecule is C=C1C=C(C(F)(F)F)c2cc(NCC3CC3)ccc2N1. The second-order valence-corrected chi connectivity index (χ2v) is 5.29. The third kappa shape index (κ3) is 2.66. The van der Waals surface area contributed by atoms with Crippen molar-refractivity contribution in [3.63, 3.8) is 0 Å². The zero-order valence-corrected chi connectivity index (χ0v) is 10.8. The number of nitrogens with one attached hydrogen (secondary N) is 2. The van der Waals surface area contributed by atoms with Gasteiger partial charge in [0.2, 0.25) is 0 Å². The lowest BCUT2D eigenvalue weighted by Crippen LogP contribution is -2.17. The van der Waals surface area contributed by atoms with E-state index < -0.39 is 11.7 Å². The Bertz CT molecular complexity index is 583. The van der Waals surface area contributed by atoms with Crippen molar-refractivity contribution in [3.05, 3.63) is 42.1 Å². The van der Waals surface area contributed by atoms with Gasteiger partial charge in [0.05, 0.1) is 5.57 Å². The summed E-state index contributed by atoms with van der Waals surface area (Å²) in [7, 11) is 0. The minimum atomic E-state index is -4.38. The highest BCUT2D eigenvalue weighted by atomic mass is 19.4. The van der Waals surface area contributed by atoms with Crippen LogP contribution in [0.1, 0.15) is 18.4 Å². The number of allylic oxidation sites excluding steroid dienone is 2. The summed E-state index contributed by atoms with van der Waals surface area (Å²) in [6, 6.07) is 5.01. The van der Waals surface area contributed by atoms with Gasteiger partial charge in [-0.15, -0.1) is 0 Å². The number of fused-ring (bicyclic) bond motifs is 1. The van der Waals surface area contributed by atoms with Crippen LogP contribution in [0.25, 0.3) is 5.57 Å². The maximum Gasteiger partial charge on any atom is 0.417 e. The zero-order chi connectivity index (χ0) is 14.3. The molecule has 2 nitrogen and oxygen atoms in total. The van der Waals surface area contributed by atoms with Crippen molar-refractivity contribution in [3.8, 4) is 0 Å². The summed E-state index contributed by atoms with van der Waals surface area (Å²) in [6.07, 6.45) is -0.929. The van der Waals surface area contributed by atoms with Gasteiger partial charge in [-0.3, -0.25) is 0 Å². The lowest BCUT2D eigenvalue weighted by atomic mass is 9.98. The number of halogens is 3. The molecule has 0 bridgehead atoms. The predicted octanol–water partition coefficient (Wildman–Crippen LogP) is 4.39. The normalized spacial score (nSPS) is 18.1. The molecule has 0 spiro atoms. The number of hydrogen-bond acceptors (Lipinski definition) is 2. The second kappa shape index (κ2) is 4.58. The third-order valence-corrected chi connectivity index (χ3v) is 3.52. The van der Waals surface area contributed by atoms with Crippen molar-refractivity contribution in [1.29, 1.82) is 0 Å². The van der Waals surface area contributed by atoms with Crippen LogP contribution in [0, 0.1) is 5.92 Å². The summed E-state index contributed by atoms with van der Waals surface area (Å²) < 4.78 is 39.3. The van der Waals surface area contributed by atoms with Gasteiger partial charge in [-0.2, -0.15) is 13.2 Å². The number of rotatable bonds is 3. The summed E-state index contributed by atoms with van der Waals surface area (Å²) in [4.78, 5) is 0. The molecule has 1 aromatic rings. The van der Waals surface area contributed by atoms with Crippen molar-refractivity contribution >= 4 is 16.9 Å². The first-order valence-electron chi connectivity index (χ1n) is 6.56. The van der Waals surface area contributed by atoms with Crippen LogP contribution in [0.2, 0.25) is 0 Å². The van der Waals surface area contributed by atoms with E-state index in [-0.39, 0.29) is 11.3 Å². The minimum absolute atomic E-state index is 0.172. The van der Waals surface area contributed by atoms with Gasteiger partial charge in [-0.1, -0.05) is 6.58 Å². The number of alkyl halides is 3. The van der Waals surface area contributed by atoms with Gasteiger partial charge in [0.1, 0.15) is 0 Å². The molecule has 2 N–H and O–H groups in total. The molecule has 0 unspecified atom stereocenters. The average Bonchev–Trinajstić information content (AvgIpc) is 3.18. The molecule has 0 amide bonds. The van der Waals surface area contributed by atoms with Crippen LogP contribution < -0.4 is 10.6 Å². The Labute approximate surface area is 115 Å². The van der Waals surface area contributed by atoms with Crippen LogP contribution in [0.5, 0.6) is 0 Å². The summed E-state index contributed by atoms with van der Waals surface area (Å²) in [5, 5.41) is 6.06. The first-order valence-corrected chi connectivity index (χ1v) is 6.56. The Hall–Kier alpha value is -1.91. The standard InChI is InChI=1S/C15H15F3N2/c1-9-6-13(15(16,17)18)12-7-11(4-5-14(12)20-9)19-8-10-2-3-10/h4-7,10,19-20H,1-3,8H2. The molecule has 1 saturated carbocycles. The first kappa shape index (κ1) is 13.1. The van der Waals surface area contributed by atoms with E-state index >= 15 is 0 Å². The molecule has 0 aromatic heterocycles. The van der Waals surface area contributed by atoms with Gasteiger partial charge in [-0.25, -0.2) is 0 Å². The topological polar surface area (TPSA) is 24.1 Å². The van der Waals surface area contributed by atoms with Crippen molar-refractivity contribution in [2.75, 3.05) is 17.2 Å². The molecule has 1 aliphatic heterocycles. The van der Waals surface area contributed by atoms with Crippen LogP contribution in [-0.2, 0) is 0 Å². The number of anilines is 2. The van der Waals surface area contributed by atoms with Crippen LogP contribution in [0.15, 0.2) is 36.6 Å². The van der Waals surface area contributed by atoms with Crippen LogP contribution >= 0.6 is 0 Å². The van der Waals surface area contributed by atoms with Gasteiger partial charge < -0.3 is 10.6 Å². The molecule has 5 heteroatoms. The molecule has 20 heavy (non-hydrogen) atoms. The molecule has 0 radical (unpaired) electrons. The van der Waals surface area contributed by atoms with E-state index in [4.69, 9.17) is 0 Å². The van der Waals surface area contributed by atoms with E-state index in [0.29, 0.717) is 11.6 Å². The van der Waals surface area contributed by atoms with Gasteiger partial charge in [-0.05, 0) is 43.0 Å². The molecule has 106 valence electrons. The molecule has 0 saturated heterocycles. The number of hydrogen-bond donors (Lipinski definition) is 2. The Morgan fingerprint density at radius 1 is 1.30 bits per heavy atom. The Balaban J connectivity index is 1.92. The monoisotopic (exact) mass is 280 g/mol. The molecule has 1 aromatic carbocycles. The lowest BCUT2D eigenvalue weighted by Gasteiger charge is -2.23. The predicted molar refractivity (Wildman–Crippen MR) is 74.5 cm³/mol. The fourth-order valence-electron chi connectivity index (χ4n) is 2.27. The summed E-state index contributed by atoms with van der Waals surface area (Å²) in [6.45, 7) is 4.39. The fourth-order valence-corrected chi connectivity index (χ4v) is 2.27. The minimum Gasteiger partial charge on any atom is -0.385 e. The summed E-state index contributed by atoms with van der Waals surface area (Å²) in [5.74, 6) is 0.668. The van der Waals surface area contributed by atoms with E-state index in [1.54, 1.807) is 18.2 Å². The molecule has 1 aliphatic carbocycles. The van der Waals surface area contributed by atoms with Gasteiger partial charge in [0.25, 0.3) is 0 Å². The van der Waals surface area contributed by atoms with Gasteiger partial charge >= 0.3 is 6.18 Å². The third-order valence-electron chi connectivity index (χ3n) is 3.52. The fraction of sp³-hybridized carbons (Fsp3) is 0.333. The van der Waals surface area contributed by atoms with E-state index in [9.17, 15) is 13.2 Å². The molecular formula is C15H15F3N2. The average molecular weight is 280 g/mol. The Morgan fingerprint density at radius 2 is 2.05 bits per heavy atom. The van der Waals surface area contributed by atoms with E-state index in [1.165, 1.54) is 12.8 Å². The summed E-state index contributed by atoms with van der Waals surface area (Å²) >= 11 is 0. The van der Waals surface area contributed by atoms with Crippen molar-refractivity contribution in [2.45, 2.75) is 19.0 Å². The second-order valence-electron chi connectivity index (χ2n) is 5.29. The highest BCUT2D eigenvalue weighted by molar-refractivity contribution is 5.87. The van der Waals surface area contributed by atoms with Crippen molar-refractivity contribution in [2.24, 2.45) is 5.92 Å². The molecular weight excluding hydrogens is 265 g/mol. The number of benzene rings is 1. The quantitative estimate of drug-likeness (QED) is 0.858. The highest BCUT2D eigenvalue weighted by Crippen LogP contribution is 2.42. The van der Waals surface area contributed by atoms with Gasteiger partial charge in [0, 0.05) is 29.2 Å². The molecule has 1 heterocycles. The Morgan fingerprint density at radius 3 is 2.70 bits per heavy atom. The lowest BCUT2D eigenvalue weighted by molar-refractivity contribution is -0.0689. The first-order chi connectivity index (χ1) is 9.43. The van der Waals surface area contributed by atoms with E-state index in [1.807, 2.05) is 0 Å². The van der Waals surface area contributed by atoms with Crippen molar-refractivity contribution in [1.82, 2.24) is 0 Å². The van der Waals surface area contributed by atoms with Crippen LogP contribution in [0.3, 0.4) is 0 Å². The van der Waals surface area contributed by atoms with E-state index in [0.717, 1.165) is 18.3 Å². The molecule has 0 atom stereocenters. The smallest absolute Gasteiger partial charge is 0.385 e. The van der Waals surface area contributed by atoms with Crippen molar-refractivity contribution < 1.29 is 13.2 Å². The van der Waals surface area contributed by atoms with Gasteiger partial charge in [0.15, 0.2) is 0 Å². The Kier molecular flexibility index (Phi) is 3.00. The summed E-state index contributed by atoms with van der Waals surface area (Å²) in [5.41, 5.74) is 0.947. The maximum absolute atomic E-state index is 13.1. The largest absolute Gasteiger partial charge is 0.417 e. The molecule has 2 aliphatic rings. The van der Waals surface area contributed by atoms with E-state index in [2.05, 4.69) is 17.2 Å². The zero-order valence-electron chi connectivity index (χ0n) is 10.8. The molecule has 1 fully saturated rings.